The van der Waals surface area contributed by atoms with Gasteiger partial charge in [0.2, 0.25) is 0 Å². The molecule has 260 valence electrons. The molecule has 0 amide bonds. The molecule has 0 saturated heterocycles. The molecule has 2 nitrogen and oxygen atoms in total. The largest absolute Gasteiger partial charge is 0.258 e. The lowest BCUT2D eigenvalue weighted by atomic mass is 9.82. The average Bonchev–Trinajstić information content (AvgIpc) is 3.45. The number of rotatable bonds is 4. The molecule has 2 unspecified atom stereocenters. The topological polar surface area (TPSA) is 24.7 Å². The van der Waals surface area contributed by atoms with Gasteiger partial charge >= 0.3 is 0 Å². The first-order valence-electron chi connectivity index (χ1n) is 19.3. The second-order valence-electron chi connectivity index (χ2n) is 15.7. The summed E-state index contributed by atoms with van der Waals surface area (Å²) in [5.74, 6) is 1.10. The van der Waals surface area contributed by atoms with Gasteiger partial charge in [-0.3, -0.25) is 4.99 Å². The fourth-order valence-corrected chi connectivity index (χ4v) is 9.22. The Bertz CT molecular complexity index is 2790. The van der Waals surface area contributed by atoms with Gasteiger partial charge < -0.3 is 0 Å². The first kappa shape index (κ1) is 32.5. The Labute approximate surface area is 317 Å². The lowest BCUT2D eigenvalue weighted by Crippen LogP contribution is -2.18. The molecule has 8 aromatic carbocycles. The molecule has 0 saturated carbocycles. The fourth-order valence-electron chi connectivity index (χ4n) is 9.22. The lowest BCUT2D eigenvalue weighted by molar-refractivity contribution is 0.446. The smallest absolute Gasteiger partial charge is 0.155 e. The van der Waals surface area contributed by atoms with Crippen molar-refractivity contribution in [2.45, 2.75) is 45.1 Å². The van der Waals surface area contributed by atoms with E-state index >= 15 is 0 Å². The van der Waals surface area contributed by atoms with Crippen LogP contribution in [0.3, 0.4) is 0 Å². The second-order valence-corrected chi connectivity index (χ2v) is 15.7. The summed E-state index contributed by atoms with van der Waals surface area (Å²) in [5, 5.41) is 7.73. The quantitative estimate of drug-likeness (QED) is 0.164. The predicted molar refractivity (Wildman–Crippen MR) is 229 cm³/mol. The van der Waals surface area contributed by atoms with Crippen LogP contribution in [0.5, 0.6) is 0 Å². The summed E-state index contributed by atoms with van der Waals surface area (Å²) in [6.07, 6.45) is 1.89. The van der Waals surface area contributed by atoms with Gasteiger partial charge in [0.15, 0.2) is 5.84 Å². The highest BCUT2D eigenvalue weighted by Gasteiger charge is 2.35. The van der Waals surface area contributed by atoms with Gasteiger partial charge in [-0.2, -0.15) is 0 Å². The highest BCUT2D eigenvalue weighted by atomic mass is 15.0. The van der Waals surface area contributed by atoms with E-state index < -0.39 is 0 Å². The Balaban J connectivity index is 1.13. The molecule has 0 radical (unpaired) electrons. The van der Waals surface area contributed by atoms with Gasteiger partial charge in [0.25, 0.3) is 0 Å². The van der Waals surface area contributed by atoms with E-state index in [0.717, 1.165) is 35.5 Å². The Hall–Kier alpha value is -6.12. The van der Waals surface area contributed by atoms with Gasteiger partial charge in [0, 0.05) is 11.0 Å². The van der Waals surface area contributed by atoms with Gasteiger partial charge in [-0.15, -0.1) is 0 Å². The zero-order chi connectivity index (χ0) is 36.4. The summed E-state index contributed by atoms with van der Waals surface area (Å²) in [6.45, 7) is 7.04. The summed E-state index contributed by atoms with van der Waals surface area (Å²) >= 11 is 0. The third-order valence-corrected chi connectivity index (χ3v) is 12.1. The molecule has 1 heterocycles. The van der Waals surface area contributed by atoms with Gasteiger partial charge in [-0.05, 0) is 114 Å². The molecular weight excluding hydrogens is 653 g/mol. The SMILES string of the molecule is CC1CC/C(c2ccccc2)=N\C(c2cccc(-c3ccc4c(c3)-c3ccccc3C4(C)C)c2)=N/C1c1ccc2c3ccccc3c3ccccc3c2c1. The minimum atomic E-state index is -0.0434. The van der Waals surface area contributed by atoms with Crippen LogP contribution < -0.4 is 0 Å². The van der Waals surface area contributed by atoms with E-state index in [4.69, 9.17) is 9.98 Å². The molecule has 0 fully saturated rings. The van der Waals surface area contributed by atoms with Crippen LogP contribution >= 0.6 is 0 Å². The summed E-state index contributed by atoms with van der Waals surface area (Å²) in [4.78, 5) is 11.1. The maximum Gasteiger partial charge on any atom is 0.155 e. The first-order chi connectivity index (χ1) is 26.4. The molecule has 10 rings (SSSR count). The van der Waals surface area contributed by atoms with E-state index in [1.54, 1.807) is 0 Å². The highest BCUT2D eigenvalue weighted by molar-refractivity contribution is 6.25. The number of hydrogen-bond donors (Lipinski definition) is 0. The van der Waals surface area contributed by atoms with Crippen molar-refractivity contribution in [3.8, 4) is 22.3 Å². The Kier molecular flexibility index (Phi) is 7.70. The van der Waals surface area contributed by atoms with Gasteiger partial charge in [0.05, 0.1) is 11.8 Å². The van der Waals surface area contributed by atoms with Gasteiger partial charge in [-0.25, -0.2) is 4.99 Å². The van der Waals surface area contributed by atoms with Crippen LogP contribution in [-0.4, -0.2) is 11.5 Å². The molecule has 0 spiro atoms. The maximum atomic E-state index is 5.65. The van der Waals surface area contributed by atoms with Crippen molar-refractivity contribution in [2.75, 3.05) is 0 Å². The van der Waals surface area contributed by atoms with Crippen molar-refractivity contribution in [1.82, 2.24) is 0 Å². The number of benzene rings is 8. The van der Waals surface area contributed by atoms with E-state index in [1.807, 2.05) is 0 Å². The molecule has 0 N–H and O–H groups in total. The van der Waals surface area contributed by atoms with Crippen LogP contribution in [0.15, 0.2) is 174 Å². The van der Waals surface area contributed by atoms with E-state index in [2.05, 4.69) is 185 Å². The number of fused-ring (bicyclic) bond motifs is 9. The Morgan fingerprint density at radius 3 is 1.83 bits per heavy atom. The van der Waals surface area contributed by atoms with Crippen molar-refractivity contribution in [2.24, 2.45) is 15.9 Å². The van der Waals surface area contributed by atoms with Crippen LogP contribution in [0.2, 0.25) is 0 Å². The summed E-state index contributed by atoms with van der Waals surface area (Å²) in [7, 11) is 0. The molecular formula is C52H42N2. The molecule has 0 bridgehead atoms. The van der Waals surface area contributed by atoms with Crippen molar-refractivity contribution < 1.29 is 0 Å². The maximum absolute atomic E-state index is 5.65. The minimum Gasteiger partial charge on any atom is -0.258 e. The normalized spacial score (nSPS) is 19.7. The summed E-state index contributed by atoms with van der Waals surface area (Å²) in [5.41, 5.74) is 12.4. The number of aliphatic imine (C=N–C) groups is 2. The minimum absolute atomic E-state index is 0.0176. The monoisotopic (exact) mass is 694 g/mol. The molecule has 0 aromatic heterocycles. The number of nitrogens with zero attached hydrogens (tertiary/aromatic N) is 2. The zero-order valence-electron chi connectivity index (χ0n) is 31.1. The van der Waals surface area contributed by atoms with Crippen LogP contribution in [-0.2, 0) is 5.41 Å². The molecule has 1 aliphatic carbocycles. The number of amidine groups is 1. The standard InChI is InChI=1S/C52H42N2/c1-33-24-29-49(34-14-5-4-6-15-34)53-51(38-17-13-16-35(30-38)36-26-28-48-46(31-36)44-22-11-12-23-47(44)52(48,2)3)54-50(33)37-25-27-43-41-20-8-7-18-39(41)40-19-9-10-21-42(40)45(43)32-37/h4-23,25-28,30-33,50H,24,29H2,1-3H3/b53-49+,54-51-. The molecule has 1 aliphatic heterocycles. The van der Waals surface area contributed by atoms with Crippen molar-refractivity contribution in [3.05, 3.63) is 192 Å². The molecule has 54 heavy (non-hydrogen) atoms. The summed E-state index contributed by atoms with van der Waals surface area (Å²) in [6, 6.07) is 60.0. The van der Waals surface area contributed by atoms with E-state index in [0.29, 0.717) is 5.92 Å². The molecule has 8 aromatic rings. The van der Waals surface area contributed by atoms with Crippen LogP contribution in [0.4, 0.5) is 0 Å². The number of hydrogen-bond acceptors (Lipinski definition) is 2. The van der Waals surface area contributed by atoms with Gasteiger partial charge in [-0.1, -0.05) is 166 Å². The third kappa shape index (κ3) is 5.31. The first-order valence-corrected chi connectivity index (χ1v) is 19.3. The van der Waals surface area contributed by atoms with E-state index in [1.165, 1.54) is 71.3 Å². The van der Waals surface area contributed by atoms with E-state index in [9.17, 15) is 0 Å². The third-order valence-electron chi connectivity index (χ3n) is 12.1. The van der Waals surface area contributed by atoms with Crippen LogP contribution in [0.25, 0.3) is 54.6 Å². The van der Waals surface area contributed by atoms with Crippen LogP contribution in [0.1, 0.15) is 67.5 Å². The average molecular weight is 695 g/mol. The summed E-state index contributed by atoms with van der Waals surface area (Å²) < 4.78 is 0. The molecule has 2 atom stereocenters. The van der Waals surface area contributed by atoms with Crippen molar-refractivity contribution in [3.63, 3.8) is 0 Å². The predicted octanol–water partition coefficient (Wildman–Crippen LogP) is 13.5. The van der Waals surface area contributed by atoms with Gasteiger partial charge in [0.1, 0.15) is 0 Å². The fraction of sp³-hybridized carbons (Fsp3) is 0.154. The second kappa shape index (κ2) is 12.8. The Morgan fingerprint density at radius 2 is 1.07 bits per heavy atom. The molecule has 2 aliphatic rings. The van der Waals surface area contributed by atoms with Crippen molar-refractivity contribution in [1.29, 1.82) is 0 Å². The lowest BCUT2D eigenvalue weighted by Gasteiger charge is -2.25. The zero-order valence-corrected chi connectivity index (χ0v) is 31.1. The Morgan fingerprint density at radius 1 is 0.481 bits per heavy atom. The highest BCUT2D eigenvalue weighted by Crippen LogP contribution is 2.49. The van der Waals surface area contributed by atoms with E-state index in [-0.39, 0.29) is 11.5 Å². The molecule has 2 heteroatoms. The van der Waals surface area contributed by atoms with Crippen LogP contribution in [0, 0.1) is 5.92 Å². The van der Waals surface area contributed by atoms with Crippen molar-refractivity contribution >= 4 is 43.9 Å².